The lowest BCUT2D eigenvalue weighted by Gasteiger charge is -2.48. The molecule has 4 nitrogen and oxygen atoms in total. The maximum atomic E-state index is 6.43. The molecule has 5 heteroatoms. The highest BCUT2D eigenvalue weighted by Gasteiger charge is 2.53. The number of anilines is 1. The molecule has 3 aliphatic heterocycles. The van der Waals surface area contributed by atoms with E-state index in [1.54, 1.807) is 0 Å². The van der Waals surface area contributed by atoms with Crippen molar-refractivity contribution in [3.8, 4) is 0 Å². The zero-order valence-electron chi connectivity index (χ0n) is 12.3. The molecule has 2 atom stereocenters. The molecule has 2 N–H and O–H groups in total. The smallest absolute Gasteiger partial charge is 0.196 e. The number of fused-ring (bicyclic) bond motifs is 2. The van der Waals surface area contributed by atoms with Crippen LogP contribution in [0, 0.1) is 0 Å². The molecule has 0 radical (unpaired) electrons. The first kappa shape index (κ1) is 13.4. The molecule has 1 aromatic carbocycles. The van der Waals surface area contributed by atoms with Crippen LogP contribution in [0.15, 0.2) is 29.3 Å². The monoisotopic (exact) mass is 304 g/mol. The summed E-state index contributed by atoms with van der Waals surface area (Å²) in [5.41, 5.74) is 7.26. The van der Waals surface area contributed by atoms with Crippen molar-refractivity contribution in [2.24, 2.45) is 10.7 Å². The fourth-order valence-corrected chi connectivity index (χ4v) is 4.70. The Hall–Kier alpha value is -1.26. The van der Waals surface area contributed by atoms with Gasteiger partial charge in [-0.3, -0.25) is 4.99 Å². The fourth-order valence-electron chi connectivity index (χ4n) is 4.48. The fraction of sp³-hybridized carbons (Fsp3) is 0.562. The largest absolute Gasteiger partial charge is 0.369 e. The normalized spacial score (nSPS) is 35.5. The van der Waals surface area contributed by atoms with Crippen molar-refractivity contribution in [3.05, 3.63) is 29.3 Å². The molecule has 1 aromatic rings. The summed E-state index contributed by atoms with van der Waals surface area (Å²) in [7, 11) is 2.26. The summed E-state index contributed by atoms with van der Waals surface area (Å²) >= 11 is 6.43. The Balaban J connectivity index is 1.75. The van der Waals surface area contributed by atoms with E-state index in [9.17, 15) is 0 Å². The van der Waals surface area contributed by atoms with Crippen LogP contribution in [0.5, 0.6) is 0 Å². The van der Waals surface area contributed by atoms with Gasteiger partial charge in [-0.05, 0) is 44.9 Å². The topological polar surface area (TPSA) is 44.9 Å². The van der Waals surface area contributed by atoms with E-state index >= 15 is 0 Å². The van der Waals surface area contributed by atoms with Crippen molar-refractivity contribution in [2.45, 2.75) is 43.3 Å². The third-order valence-corrected chi connectivity index (χ3v) is 5.87. The van der Waals surface area contributed by atoms with E-state index < -0.39 is 0 Å². The highest BCUT2D eigenvalue weighted by atomic mass is 35.5. The van der Waals surface area contributed by atoms with E-state index in [1.807, 2.05) is 18.2 Å². The van der Waals surface area contributed by atoms with Gasteiger partial charge in [0, 0.05) is 12.1 Å². The van der Waals surface area contributed by atoms with Gasteiger partial charge in [0.25, 0.3) is 0 Å². The Morgan fingerprint density at radius 1 is 1.24 bits per heavy atom. The Morgan fingerprint density at radius 2 is 1.90 bits per heavy atom. The number of hydrogen-bond acceptors (Lipinski definition) is 4. The van der Waals surface area contributed by atoms with Gasteiger partial charge >= 0.3 is 0 Å². The highest BCUT2D eigenvalue weighted by Crippen LogP contribution is 2.47. The molecule has 3 heterocycles. The second-order valence-electron chi connectivity index (χ2n) is 6.64. The molecule has 2 bridgehead atoms. The van der Waals surface area contributed by atoms with E-state index in [1.165, 1.54) is 12.8 Å². The van der Waals surface area contributed by atoms with Crippen molar-refractivity contribution in [3.63, 3.8) is 0 Å². The number of aliphatic imine (C=N–C) groups is 1. The molecule has 2 saturated heterocycles. The average molecular weight is 305 g/mol. The lowest BCUT2D eigenvalue weighted by Crippen LogP contribution is -2.60. The third-order valence-electron chi connectivity index (χ3n) is 5.55. The maximum Gasteiger partial charge on any atom is 0.196 e. The molecule has 2 unspecified atom stereocenters. The number of rotatable bonds is 1. The molecule has 1 spiro atoms. The van der Waals surface area contributed by atoms with Crippen LogP contribution in [0.3, 0.4) is 0 Å². The minimum Gasteiger partial charge on any atom is -0.369 e. The molecule has 0 saturated carbocycles. The first-order valence-corrected chi connectivity index (χ1v) is 8.05. The van der Waals surface area contributed by atoms with Crippen molar-refractivity contribution >= 4 is 23.2 Å². The van der Waals surface area contributed by atoms with Crippen LogP contribution >= 0.6 is 11.6 Å². The summed E-state index contributed by atoms with van der Waals surface area (Å²) in [6.45, 7) is 0.797. The van der Waals surface area contributed by atoms with Gasteiger partial charge in [-0.15, -0.1) is 0 Å². The van der Waals surface area contributed by atoms with Crippen LogP contribution in [-0.2, 0) is 0 Å². The van der Waals surface area contributed by atoms with Gasteiger partial charge in [0.1, 0.15) is 0 Å². The summed E-state index contributed by atoms with van der Waals surface area (Å²) in [5, 5.41) is 0.753. The number of guanidine groups is 1. The molecule has 21 heavy (non-hydrogen) atoms. The van der Waals surface area contributed by atoms with Gasteiger partial charge < -0.3 is 15.5 Å². The Labute approximate surface area is 130 Å². The number of benzene rings is 1. The number of halogens is 1. The van der Waals surface area contributed by atoms with Crippen molar-refractivity contribution < 1.29 is 0 Å². The van der Waals surface area contributed by atoms with Gasteiger partial charge in [0.15, 0.2) is 5.96 Å². The van der Waals surface area contributed by atoms with Crippen molar-refractivity contribution in [1.82, 2.24) is 4.90 Å². The zero-order chi connectivity index (χ0) is 14.6. The van der Waals surface area contributed by atoms with Gasteiger partial charge in [0.2, 0.25) is 0 Å². The van der Waals surface area contributed by atoms with Crippen LogP contribution in [0.4, 0.5) is 5.69 Å². The lowest BCUT2D eigenvalue weighted by atomic mass is 9.82. The summed E-state index contributed by atoms with van der Waals surface area (Å²) < 4.78 is 0. The van der Waals surface area contributed by atoms with E-state index in [0.29, 0.717) is 18.0 Å². The number of hydrogen-bond donors (Lipinski definition) is 1. The first-order chi connectivity index (χ1) is 10.1. The summed E-state index contributed by atoms with van der Waals surface area (Å²) in [6, 6.07) is 9.26. The van der Waals surface area contributed by atoms with Crippen LogP contribution < -0.4 is 10.6 Å². The van der Waals surface area contributed by atoms with Crippen molar-refractivity contribution in [1.29, 1.82) is 0 Å². The maximum absolute atomic E-state index is 6.43. The number of nitrogens with two attached hydrogens (primary N) is 1. The van der Waals surface area contributed by atoms with Crippen molar-refractivity contribution in [2.75, 3.05) is 18.5 Å². The average Bonchev–Trinajstić information content (AvgIpc) is 2.87. The molecule has 4 rings (SSSR count). The molecule has 0 aromatic heterocycles. The molecule has 112 valence electrons. The summed E-state index contributed by atoms with van der Waals surface area (Å²) in [6.07, 6.45) is 4.82. The predicted molar refractivity (Wildman–Crippen MR) is 87.0 cm³/mol. The van der Waals surface area contributed by atoms with Crippen LogP contribution in [0.25, 0.3) is 0 Å². The quantitative estimate of drug-likeness (QED) is 0.867. The van der Waals surface area contributed by atoms with Gasteiger partial charge in [0.05, 0.1) is 22.8 Å². The minimum absolute atomic E-state index is 0.0212. The third kappa shape index (κ3) is 1.89. The number of para-hydroxylation sites is 1. The lowest BCUT2D eigenvalue weighted by molar-refractivity contribution is 0.122. The van der Waals surface area contributed by atoms with E-state index in [4.69, 9.17) is 17.3 Å². The second-order valence-corrected chi connectivity index (χ2v) is 7.05. The van der Waals surface area contributed by atoms with Crippen LogP contribution in [-0.4, -0.2) is 42.1 Å². The molecule has 3 aliphatic rings. The van der Waals surface area contributed by atoms with Crippen LogP contribution in [0.1, 0.15) is 25.7 Å². The Kier molecular flexibility index (Phi) is 2.95. The minimum atomic E-state index is 0.0212. The van der Waals surface area contributed by atoms with Crippen LogP contribution in [0.2, 0.25) is 5.02 Å². The first-order valence-electron chi connectivity index (χ1n) is 7.67. The Bertz CT molecular complexity index is 586. The van der Waals surface area contributed by atoms with E-state index in [-0.39, 0.29) is 5.54 Å². The Morgan fingerprint density at radius 3 is 2.57 bits per heavy atom. The zero-order valence-corrected chi connectivity index (χ0v) is 13.1. The van der Waals surface area contributed by atoms with E-state index in [2.05, 4.69) is 27.9 Å². The predicted octanol–water partition coefficient (Wildman–Crippen LogP) is 2.47. The second kappa shape index (κ2) is 4.62. The molecular formula is C16H21ClN4. The van der Waals surface area contributed by atoms with Gasteiger partial charge in [-0.2, -0.15) is 0 Å². The molecule has 0 aliphatic carbocycles. The number of piperidine rings is 1. The molecule has 0 amide bonds. The molecular weight excluding hydrogens is 284 g/mol. The summed E-state index contributed by atoms with van der Waals surface area (Å²) in [5.74, 6) is 0.618. The van der Waals surface area contributed by atoms with Gasteiger partial charge in [-0.25, -0.2) is 0 Å². The highest BCUT2D eigenvalue weighted by molar-refractivity contribution is 6.34. The SMILES string of the molecule is CN1C2CCC1CC1(CN=C(N)N1c1ccccc1Cl)C2. The van der Waals surface area contributed by atoms with Gasteiger partial charge in [-0.1, -0.05) is 23.7 Å². The molecule has 2 fully saturated rings. The standard InChI is InChI=1S/C16H21ClN4/c1-20-11-6-7-12(20)9-16(8-11)10-19-15(18)21(16)14-5-3-2-4-13(14)17/h2-5,11-12H,6-10H2,1H3,(H2,18,19). The summed E-state index contributed by atoms with van der Waals surface area (Å²) in [4.78, 5) is 9.34. The number of nitrogens with zero attached hydrogens (tertiary/aromatic N) is 3. The van der Waals surface area contributed by atoms with E-state index in [0.717, 1.165) is 30.1 Å².